The van der Waals surface area contributed by atoms with Gasteiger partial charge < -0.3 is 15.0 Å². The van der Waals surface area contributed by atoms with E-state index < -0.39 is 0 Å². The smallest absolute Gasteiger partial charge is 0.265 e. The second kappa shape index (κ2) is 4.28. The van der Waals surface area contributed by atoms with Crippen LogP contribution in [0.3, 0.4) is 0 Å². The molecule has 1 aromatic carbocycles. The van der Waals surface area contributed by atoms with Crippen LogP contribution in [0.15, 0.2) is 24.3 Å². The standard InChI is InChI=1S/C13H16N2O2/c16-13(15-7-3-4-8-15)12-9-14-10-5-1-2-6-11(10)17-12/h1-2,5-6,12,14H,3-4,7-9H2/t12-/m0/s1. The number of nitrogens with zero attached hydrogens (tertiary/aromatic N) is 1. The van der Waals surface area contributed by atoms with Crippen molar-refractivity contribution in [3.63, 3.8) is 0 Å². The average molecular weight is 232 g/mol. The van der Waals surface area contributed by atoms with Gasteiger partial charge in [0.15, 0.2) is 6.10 Å². The Kier molecular flexibility index (Phi) is 2.63. The zero-order chi connectivity index (χ0) is 11.7. The molecule has 4 heteroatoms. The number of likely N-dealkylation sites (tertiary alicyclic amines) is 1. The molecule has 17 heavy (non-hydrogen) atoms. The van der Waals surface area contributed by atoms with Crippen molar-refractivity contribution in [1.29, 1.82) is 0 Å². The third-order valence-electron chi connectivity index (χ3n) is 3.33. The topological polar surface area (TPSA) is 41.6 Å². The lowest BCUT2D eigenvalue weighted by atomic mass is 10.2. The van der Waals surface area contributed by atoms with Crippen molar-refractivity contribution in [3.8, 4) is 5.75 Å². The summed E-state index contributed by atoms with van der Waals surface area (Å²) in [6, 6.07) is 7.73. The molecule has 1 fully saturated rings. The maximum Gasteiger partial charge on any atom is 0.265 e. The highest BCUT2D eigenvalue weighted by Crippen LogP contribution is 2.28. The first-order chi connectivity index (χ1) is 8.34. The van der Waals surface area contributed by atoms with Crippen molar-refractivity contribution < 1.29 is 9.53 Å². The zero-order valence-electron chi connectivity index (χ0n) is 9.69. The molecular formula is C13H16N2O2. The Morgan fingerprint density at radius 3 is 2.88 bits per heavy atom. The molecule has 0 radical (unpaired) electrons. The highest BCUT2D eigenvalue weighted by atomic mass is 16.5. The fraction of sp³-hybridized carbons (Fsp3) is 0.462. The van der Waals surface area contributed by atoms with Gasteiger partial charge in [0, 0.05) is 13.1 Å². The number of fused-ring (bicyclic) bond motifs is 1. The highest BCUT2D eigenvalue weighted by molar-refractivity contribution is 5.83. The fourth-order valence-corrected chi connectivity index (χ4v) is 2.39. The minimum Gasteiger partial charge on any atom is -0.477 e. The zero-order valence-corrected chi connectivity index (χ0v) is 9.69. The van der Waals surface area contributed by atoms with Gasteiger partial charge in [0.1, 0.15) is 5.75 Å². The molecule has 0 aliphatic carbocycles. The van der Waals surface area contributed by atoms with Gasteiger partial charge in [-0.2, -0.15) is 0 Å². The molecule has 4 nitrogen and oxygen atoms in total. The number of hydrogen-bond acceptors (Lipinski definition) is 3. The van der Waals surface area contributed by atoms with Gasteiger partial charge in [-0.05, 0) is 25.0 Å². The number of ether oxygens (including phenoxy) is 1. The van der Waals surface area contributed by atoms with E-state index in [4.69, 9.17) is 4.74 Å². The van der Waals surface area contributed by atoms with Crippen LogP contribution in [0.25, 0.3) is 0 Å². The van der Waals surface area contributed by atoms with Gasteiger partial charge in [0.25, 0.3) is 5.91 Å². The van der Waals surface area contributed by atoms with Gasteiger partial charge >= 0.3 is 0 Å². The normalized spacial score (nSPS) is 22.6. The van der Waals surface area contributed by atoms with E-state index in [1.807, 2.05) is 29.2 Å². The summed E-state index contributed by atoms with van der Waals surface area (Å²) in [7, 11) is 0. The Bertz CT molecular complexity index is 427. The number of anilines is 1. The molecule has 90 valence electrons. The first-order valence-corrected chi connectivity index (χ1v) is 6.13. The molecule has 2 aliphatic rings. The van der Waals surface area contributed by atoms with Crippen LogP contribution in [0.5, 0.6) is 5.75 Å². The third-order valence-corrected chi connectivity index (χ3v) is 3.33. The molecule has 1 saturated heterocycles. The van der Waals surface area contributed by atoms with Crippen LogP contribution < -0.4 is 10.1 Å². The first-order valence-electron chi connectivity index (χ1n) is 6.13. The van der Waals surface area contributed by atoms with Crippen molar-refractivity contribution in [2.45, 2.75) is 18.9 Å². The Morgan fingerprint density at radius 1 is 1.29 bits per heavy atom. The van der Waals surface area contributed by atoms with Crippen LogP contribution >= 0.6 is 0 Å². The number of benzene rings is 1. The second-order valence-corrected chi connectivity index (χ2v) is 4.52. The molecule has 0 unspecified atom stereocenters. The molecule has 1 amide bonds. The minimum absolute atomic E-state index is 0.115. The number of rotatable bonds is 1. The van der Waals surface area contributed by atoms with Crippen LogP contribution in [0.4, 0.5) is 5.69 Å². The Labute approximate surface area is 101 Å². The van der Waals surface area contributed by atoms with Gasteiger partial charge in [0.05, 0.1) is 12.2 Å². The van der Waals surface area contributed by atoms with Crippen LogP contribution in [-0.4, -0.2) is 36.5 Å². The summed E-state index contributed by atoms with van der Waals surface area (Å²) < 4.78 is 5.75. The van der Waals surface area contributed by atoms with E-state index >= 15 is 0 Å². The van der Waals surface area contributed by atoms with Crippen molar-refractivity contribution in [3.05, 3.63) is 24.3 Å². The Hall–Kier alpha value is -1.71. The van der Waals surface area contributed by atoms with Crippen molar-refractivity contribution in [2.24, 2.45) is 0 Å². The maximum absolute atomic E-state index is 12.2. The SMILES string of the molecule is O=C([C@@H]1CNc2ccccc2O1)N1CCCC1. The summed E-state index contributed by atoms with van der Waals surface area (Å²) in [4.78, 5) is 14.1. The van der Waals surface area contributed by atoms with Crippen molar-refractivity contribution in [1.82, 2.24) is 4.90 Å². The van der Waals surface area contributed by atoms with Crippen molar-refractivity contribution in [2.75, 3.05) is 25.0 Å². The number of carbonyl (C=O) groups excluding carboxylic acids is 1. The van der Waals surface area contributed by atoms with E-state index in [0.717, 1.165) is 37.4 Å². The van der Waals surface area contributed by atoms with Gasteiger partial charge in [-0.3, -0.25) is 4.79 Å². The number of carbonyl (C=O) groups is 1. The Balaban J connectivity index is 1.73. The lowest BCUT2D eigenvalue weighted by molar-refractivity contribution is -0.137. The van der Waals surface area contributed by atoms with Gasteiger partial charge in [-0.1, -0.05) is 12.1 Å². The maximum atomic E-state index is 12.2. The first kappa shape index (κ1) is 10.4. The molecule has 1 N–H and O–H groups in total. The number of nitrogens with one attached hydrogen (secondary N) is 1. The van der Waals surface area contributed by atoms with E-state index in [9.17, 15) is 4.79 Å². The summed E-state index contributed by atoms with van der Waals surface area (Å²) in [5.41, 5.74) is 0.970. The summed E-state index contributed by atoms with van der Waals surface area (Å²) in [5.74, 6) is 0.890. The molecule has 1 aromatic rings. The fourth-order valence-electron chi connectivity index (χ4n) is 2.39. The molecule has 3 rings (SSSR count). The quantitative estimate of drug-likeness (QED) is 0.797. The molecular weight excluding hydrogens is 216 g/mol. The molecule has 0 saturated carbocycles. The van der Waals surface area contributed by atoms with E-state index in [2.05, 4.69) is 5.32 Å². The van der Waals surface area contributed by atoms with E-state index in [-0.39, 0.29) is 12.0 Å². The number of amides is 1. The van der Waals surface area contributed by atoms with Crippen LogP contribution in [-0.2, 0) is 4.79 Å². The van der Waals surface area contributed by atoms with Crippen LogP contribution in [0, 0.1) is 0 Å². The summed E-state index contributed by atoms with van der Waals surface area (Å²) in [6.07, 6.45) is 1.85. The monoisotopic (exact) mass is 232 g/mol. The molecule has 0 bridgehead atoms. The molecule has 1 atom stereocenters. The average Bonchev–Trinajstić information content (AvgIpc) is 2.91. The van der Waals surface area contributed by atoms with Gasteiger partial charge in [0.2, 0.25) is 0 Å². The molecule has 0 aromatic heterocycles. The third kappa shape index (κ3) is 1.95. The van der Waals surface area contributed by atoms with E-state index in [0.29, 0.717) is 6.54 Å². The minimum atomic E-state index is -0.372. The lowest BCUT2D eigenvalue weighted by Crippen LogP contribution is -2.45. The molecule has 2 aliphatic heterocycles. The van der Waals surface area contributed by atoms with Crippen LogP contribution in [0.1, 0.15) is 12.8 Å². The summed E-state index contributed by atoms with van der Waals surface area (Å²) in [6.45, 7) is 2.31. The summed E-state index contributed by atoms with van der Waals surface area (Å²) in [5, 5.41) is 3.24. The molecule has 0 spiro atoms. The molecule has 2 heterocycles. The van der Waals surface area contributed by atoms with Gasteiger partial charge in [-0.25, -0.2) is 0 Å². The number of para-hydroxylation sites is 2. The predicted molar refractivity (Wildman–Crippen MR) is 65.2 cm³/mol. The second-order valence-electron chi connectivity index (χ2n) is 4.52. The van der Waals surface area contributed by atoms with Crippen LogP contribution in [0.2, 0.25) is 0 Å². The Morgan fingerprint density at radius 2 is 2.06 bits per heavy atom. The summed E-state index contributed by atoms with van der Waals surface area (Å²) >= 11 is 0. The van der Waals surface area contributed by atoms with Crippen molar-refractivity contribution >= 4 is 11.6 Å². The largest absolute Gasteiger partial charge is 0.477 e. The lowest BCUT2D eigenvalue weighted by Gasteiger charge is -2.29. The predicted octanol–water partition coefficient (Wildman–Crippen LogP) is 1.48. The highest BCUT2D eigenvalue weighted by Gasteiger charge is 2.30. The van der Waals surface area contributed by atoms with E-state index in [1.54, 1.807) is 0 Å². The van der Waals surface area contributed by atoms with Gasteiger partial charge in [-0.15, -0.1) is 0 Å². The van der Waals surface area contributed by atoms with E-state index in [1.165, 1.54) is 0 Å². The number of hydrogen-bond donors (Lipinski definition) is 1.